The van der Waals surface area contributed by atoms with Crippen molar-refractivity contribution >= 4 is 22.8 Å². The van der Waals surface area contributed by atoms with Crippen LogP contribution in [0, 0.1) is 0 Å². The van der Waals surface area contributed by atoms with Crippen LogP contribution in [0.1, 0.15) is 40.4 Å². The molecule has 0 amide bonds. The van der Waals surface area contributed by atoms with Gasteiger partial charge >= 0.3 is 11.9 Å². The van der Waals surface area contributed by atoms with Gasteiger partial charge in [0.05, 0.1) is 24.8 Å². The van der Waals surface area contributed by atoms with Crippen LogP contribution < -0.4 is 0 Å². The molecule has 34 heavy (non-hydrogen) atoms. The van der Waals surface area contributed by atoms with Crippen LogP contribution in [-0.2, 0) is 33.5 Å². The van der Waals surface area contributed by atoms with Gasteiger partial charge < -0.3 is 14.0 Å². The number of esters is 2. The summed E-state index contributed by atoms with van der Waals surface area (Å²) in [6.07, 6.45) is 5.01. The van der Waals surface area contributed by atoms with Gasteiger partial charge in [-0.2, -0.15) is 0 Å². The van der Waals surface area contributed by atoms with Gasteiger partial charge in [-0.25, -0.2) is 4.79 Å². The van der Waals surface area contributed by atoms with Crippen molar-refractivity contribution in [2.24, 2.45) is 0 Å². The average Bonchev–Trinajstić information content (AvgIpc) is 3.24. The van der Waals surface area contributed by atoms with E-state index in [1.165, 1.54) is 23.6 Å². The molecule has 5 heteroatoms. The normalized spacial score (nSPS) is 10.9. The molecule has 4 aromatic rings. The van der Waals surface area contributed by atoms with Crippen molar-refractivity contribution in [1.82, 2.24) is 4.57 Å². The summed E-state index contributed by atoms with van der Waals surface area (Å²) < 4.78 is 12.1. The molecule has 5 nitrogen and oxygen atoms in total. The van der Waals surface area contributed by atoms with Crippen molar-refractivity contribution < 1.29 is 19.1 Å². The van der Waals surface area contributed by atoms with Crippen molar-refractivity contribution in [3.8, 4) is 5.69 Å². The van der Waals surface area contributed by atoms with Gasteiger partial charge in [0.25, 0.3) is 0 Å². The maximum absolute atomic E-state index is 12.0. The minimum Gasteiger partial charge on any atom is -0.469 e. The third-order valence-electron chi connectivity index (χ3n) is 5.98. The van der Waals surface area contributed by atoms with Gasteiger partial charge in [0.2, 0.25) is 0 Å². The Morgan fingerprint density at radius 3 is 2.32 bits per heavy atom. The smallest absolute Gasteiger partial charge is 0.338 e. The van der Waals surface area contributed by atoms with Crippen molar-refractivity contribution in [2.75, 3.05) is 13.7 Å². The first-order valence-corrected chi connectivity index (χ1v) is 11.6. The number of benzene rings is 3. The average molecular weight is 456 g/mol. The van der Waals surface area contributed by atoms with E-state index >= 15 is 0 Å². The van der Waals surface area contributed by atoms with Crippen LogP contribution in [0.3, 0.4) is 0 Å². The summed E-state index contributed by atoms with van der Waals surface area (Å²) in [5.74, 6) is -0.520. The Morgan fingerprint density at radius 2 is 1.62 bits per heavy atom. The minimum atomic E-state index is -0.315. The molecule has 0 aliphatic rings. The van der Waals surface area contributed by atoms with Crippen molar-refractivity contribution in [3.05, 3.63) is 101 Å². The number of ether oxygens (including phenoxy) is 2. The zero-order chi connectivity index (χ0) is 23.9. The Morgan fingerprint density at radius 1 is 0.853 bits per heavy atom. The molecule has 0 saturated heterocycles. The number of aromatic nitrogens is 1. The first-order valence-electron chi connectivity index (χ1n) is 11.6. The number of rotatable bonds is 9. The molecular formula is C29H29NO4. The Hall–Kier alpha value is -3.86. The molecule has 174 valence electrons. The molecule has 0 saturated carbocycles. The Balaban J connectivity index is 1.68. The fraction of sp³-hybridized carbons (Fsp3) is 0.241. The lowest BCUT2D eigenvalue weighted by Gasteiger charge is -2.08. The van der Waals surface area contributed by atoms with Crippen LogP contribution in [0.4, 0.5) is 0 Å². The van der Waals surface area contributed by atoms with Gasteiger partial charge in [-0.3, -0.25) is 4.79 Å². The molecule has 0 unspecified atom stereocenters. The molecule has 0 N–H and O–H groups in total. The molecule has 0 spiro atoms. The Kier molecular flexibility index (Phi) is 7.43. The van der Waals surface area contributed by atoms with Crippen molar-refractivity contribution in [3.63, 3.8) is 0 Å². The van der Waals surface area contributed by atoms with E-state index in [0.717, 1.165) is 29.6 Å². The molecule has 0 aliphatic carbocycles. The number of methoxy groups -OCH3 is 1. The molecule has 0 aliphatic heterocycles. The monoisotopic (exact) mass is 455 g/mol. The zero-order valence-electron chi connectivity index (χ0n) is 19.6. The fourth-order valence-electron chi connectivity index (χ4n) is 4.16. The lowest BCUT2D eigenvalue weighted by molar-refractivity contribution is -0.140. The van der Waals surface area contributed by atoms with E-state index in [4.69, 9.17) is 9.47 Å². The highest BCUT2D eigenvalue weighted by atomic mass is 16.5. The lowest BCUT2D eigenvalue weighted by Crippen LogP contribution is -2.04. The minimum absolute atomic E-state index is 0.205. The molecule has 1 aromatic heterocycles. The summed E-state index contributed by atoms with van der Waals surface area (Å²) in [6, 6.07) is 24.3. The second-order valence-corrected chi connectivity index (χ2v) is 8.20. The molecule has 0 bridgehead atoms. The zero-order valence-corrected chi connectivity index (χ0v) is 19.6. The van der Waals surface area contributed by atoms with Gasteiger partial charge in [0.1, 0.15) is 0 Å². The van der Waals surface area contributed by atoms with Crippen LogP contribution in [0.2, 0.25) is 0 Å². The SMILES string of the molecule is CCOC(=O)c1ccc(-n2cc(CCc3ccccc3)c3cc(CCC(=O)OC)ccc32)cc1. The number of fused-ring (bicyclic) bond motifs is 1. The van der Waals surface area contributed by atoms with E-state index in [2.05, 4.69) is 53.2 Å². The third-order valence-corrected chi connectivity index (χ3v) is 5.98. The van der Waals surface area contributed by atoms with Gasteiger partial charge in [-0.05, 0) is 79.3 Å². The summed E-state index contributed by atoms with van der Waals surface area (Å²) in [5.41, 5.74) is 6.25. The van der Waals surface area contributed by atoms with Gasteiger partial charge in [-0.1, -0.05) is 36.4 Å². The highest BCUT2D eigenvalue weighted by molar-refractivity contribution is 5.90. The van der Waals surface area contributed by atoms with Gasteiger partial charge in [0.15, 0.2) is 0 Å². The van der Waals surface area contributed by atoms with Gasteiger partial charge in [0, 0.05) is 23.7 Å². The number of aryl methyl sites for hydroxylation is 3. The van der Waals surface area contributed by atoms with E-state index in [1.807, 2.05) is 18.2 Å². The van der Waals surface area contributed by atoms with Crippen LogP contribution in [0.25, 0.3) is 16.6 Å². The predicted molar refractivity (Wildman–Crippen MR) is 133 cm³/mol. The van der Waals surface area contributed by atoms with E-state index in [9.17, 15) is 9.59 Å². The maximum atomic E-state index is 12.0. The second-order valence-electron chi connectivity index (χ2n) is 8.20. The summed E-state index contributed by atoms with van der Waals surface area (Å²) in [5, 5.41) is 1.17. The molecular weight excluding hydrogens is 426 g/mol. The fourth-order valence-corrected chi connectivity index (χ4v) is 4.16. The second kappa shape index (κ2) is 10.8. The largest absolute Gasteiger partial charge is 0.469 e. The number of hydrogen-bond donors (Lipinski definition) is 0. The van der Waals surface area contributed by atoms with Crippen LogP contribution in [-0.4, -0.2) is 30.2 Å². The van der Waals surface area contributed by atoms with Crippen LogP contribution >= 0.6 is 0 Å². The topological polar surface area (TPSA) is 57.5 Å². The van der Waals surface area contributed by atoms with E-state index in [1.54, 1.807) is 19.1 Å². The number of carbonyl (C=O) groups is 2. The molecule has 3 aromatic carbocycles. The molecule has 0 atom stereocenters. The Labute approximate surface area is 199 Å². The highest BCUT2D eigenvalue weighted by Gasteiger charge is 2.13. The molecule has 0 radical (unpaired) electrons. The standard InChI is InChI=1S/C29H29NO4/c1-3-34-29(32)23-13-15-25(16-14-23)30-20-24(12-9-21-7-5-4-6-8-21)26-19-22(10-17-27(26)30)11-18-28(31)33-2/h4-8,10,13-17,19-20H,3,9,11-12,18H2,1-2H3. The molecule has 4 rings (SSSR count). The van der Waals surface area contributed by atoms with Crippen molar-refractivity contribution in [1.29, 1.82) is 0 Å². The van der Waals surface area contributed by atoms with E-state index in [-0.39, 0.29) is 11.9 Å². The molecule has 0 fully saturated rings. The quantitative estimate of drug-likeness (QED) is 0.304. The first kappa shape index (κ1) is 23.3. The number of carbonyl (C=O) groups excluding carboxylic acids is 2. The highest BCUT2D eigenvalue weighted by Crippen LogP contribution is 2.28. The summed E-state index contributed by atoms with van der Waals surface area (Å²) in [4.78, 5) is 23.7. The summed E-state index contributed by atoms with van der Waals surface area (Å²) in [6.45, 7) is 2.15. The maximum Gasteiger partial charge on any atom is 0.338 e. The molecule has 1 heterocycles. The summed E-state index contributed by atoms with van der Waals surface area (Å²) >= 11 is 0. The van der Waals surface area contributed by atoms with E-state index < -0.39 is 0 Å². The Bertz CT molecular complexity index is 1270. The third kappa shape index (κ3) is 5.37. The van der Waals surface area contributed by atoms with Crippen molar-refractivity contribution in [2.45, 2.75) is 32.6 Å². The van der Waals surface area contributed by atoms with Crippen LogP contribution in [0.15, 0.2) is 79.0 Å². The van der Waals surface area contributed by atoms with E-state index in [0.29, 0.717) is 25.0 Å². The lowest BCUT2D eigenvalue weighted by atomic mass is 10.0. The number of hydrogen-bond acceptors (Lipinski definition) is 4. The first-order chi connectivity index (χ1) is 16.6. The number of nitrogens with zero attached hydrogens (tertiary/aromatic N) is 1. The summed E-state index contributed by atoms with van der Waals surface area (Å²) in [7, 11) is 1.42. The van der Waals surface area contributed by atoms with Gasteiger partial charge in [-0.15, -0.1) is 0 Å². The van der Waals surface area contributed by atoms with Crippen LogP contribution in [0.5, 0.6) is 0 Å². The predicted octanol–water partition coefficient (Wildman–Crippen LogP) is 5.70.